The smallest absolute Gasteiger partial charge is 0.360 e. The third-order valence-corrected chi connectivity index (χ3v) is 3.49. The van der Waals surface area contributed by atoms with Crippen molar-refractivity contribution in [3.05, 3.63) is 74.9 Å². The Kier molecular flexibility index (Phi) is 3.50. The molecule has 2 aromatic carbocycles. The van der Waals surface area contributed by atoms with Gasteiger partial charge in [0.25, 0.3) is 5.56 Å². The fourth-order valence-corrected chi connectivity index (χ4v) is 2.32. The second kappa shape index (κ2) is 5.48. The van der Waals surface area contributed by atoms with E-state index in [1.807, 2.05) is 0 Å². The van der Waals surface area contributed by atoms with Crippen molar-refractivity contribution in [2.75, 3.05) is 7.11 Å². The van der Waals surface area contributed by atoms with Crippen molar-refractivity contribution >= 4 is 10.9 Å². The molecule has 112 valence electrons. The number of benzene rings is 2. The molecular formula is C16H13FN2O3. The zero-order valence-corrected chi connectivity index (χ0v) is 11.8. The molecule has 3 aromatic rings. The van der Waals surface area contributed by atoms with Gasteiger partial charge in [0.15, 0.2) is 0 Å². The zero-order valence-electron chi connectivity index (χ0n) is 11.8. The van der Waals surface area contributed by atoms with Gasteiger partial charge in [-0.3, -0.25) is 9.36 Å². The number of nitrogens with zero attached hydrogens (tertiary/aromatic N) is 2. The maximum Gasteiger partial charge on any atom is 0.360 e. The van der Waals surface area contributed by atoms with Crippen molar-refractivity contribution in [1.82, 2.24) is 9.36 Å². The number of methoxy groups -OCH3 is 1. The summed E-state index contributed by atoms with van der Waals surface area (Å²) in [7, 11) is 1.55. The highest BCUT2D eigenvalue weighted by Gasteiger charge is 2.12. The first-order valence-electron chi connectivity index (χ1n) is 6.65. The highest BCUT2D eigenvalue weighted by Crippen LogP contribution is 2.12. The molecular weight excluding hydrogens is 287 g/mol. The summed E-state index contributed by atoms with van der Waals surface area (Å²) in [5.74, 6) is 0.664. The minimum atomic E-state index is -0.987. The van der Waals surface area contributed by atoms with Crippen LogP contribution in [0.25, 0.3) is 10.9 Å². The molecule has 0 N–H and O–H groups in total. The van der Waals surface area contributed by atoms with E-state index < -0.39 is 11.2 Å². The highest BCUT2D eigenvalue weighted by molar-refractivity contribution is 5.77. The number of hydrogen-bond acceptors (Lipinski definition) is 3. The van der Waals surface area contributed by atoms with Crippen LogP contribution in [0.15, 0.2) is 58.1 Å². The SMILES string of the molecule is COc1ccc(Cn2c(=O)c3ccccc3n(F)c2=O)cc1. The lowest BCUT2D eigenvalue weighted by atomic mass is 10.2. The summed E-state index contributed by atoms with van der Waals surface area (Å²) in [5, 5.41) is 0.165. The number of rotatable bonds is 3. The van der Waals surface area contributed by atoms with Gasteiger partial charge < -0.3 is 4.74 Å². The van der Waals surface area contributed by atoms with Crippen LogP contribution in [0, 0.1) is 0 Å². The molecule has 0 saturated carbocycles. The maximum atomic E-state index is 14.1. The van der Waals surface area contributed by atoms with E-state index >= 15 is 0 Å². The quantitative estimate of drug-likeness (QED) is 0.743. The first-order valence-corrected chi connectivity index (χ1v) is 6.65. The molecule has 1 aromatic heterocycles. The van der Waals surface area contributed by atoms with Crippen molar-refractivity contribution in [3.8, 4) is 5.75 Å². The molecule has 0 aliphatic heterocycles. The van der Waals surface area contributed by atoms with Crippen LogP contribution < -0.4 is 16.0 Å². The van der Waals surface area contributed by atoms with Gasteiger partial charge in [0.2, 0.25) is 0 Å². The Morgan fingerprint density at radius 2 is 1.73 bits per heavy atom. The second-order valence-electron chi connectivity index (χ2n) is 4.82. The van der Waals surface area contributed by atoms with Crippen LogP contribution in [0.5, 0.6) is 5.75 Å². The number of ether oxygens (including phenoxy) is 1. The van der Waals surface area contributed by atoms with Crippen molar-refractivity contribution in [2.45, 2.75) is 6.54 Å². The summed E-state index contributed by atoms with van der Waals surface area (Å²) in [5.41, 5.74) is -0.816. The summed E-state index contributed by atoms with van der Waals surface area (Å²) in [6.45, 7) is -0.00356. The average molecular weight is 300 g/mol. The minimum Gasteiger partial charge on any atom is -0.497 e. The molecule has 0 amide bonds. The summed E-state index contributed by atoms with van der Waals surface area (Å²) in [6.07, 6.45) is 0. The number of aromatic nitrogens is 2. The van der Waals surface area contributed by atoms with E-state index in [1.54, 1.807) is 43.5 Å². The van der Waals surface area contributed by atoms with E-state index in [1.165, 1.54) is 12.1 Å². The average Bonchev–Trinajstić information content (AvgIpc) is 2.57. The molecule has 0 spiro atoms. The van der Waals surface area contributed by atoms with Crippen molar-refractivity contribution in [2.24, 2.45) is 0 Å². The van der Waals surface area contributed by atoms with Gasteiger partial charge >= 0.3 is 5.69 Å². The predicted octanol–water partition coefficient (Wildman–Crippen LogP) is 1.95. The molecule has 22 heavy (non-hydrogen) atoms. The van der Waals surface area contributed by atoms with E-state index in [4.69, 9.17) is 4.74 Å². The molecule has 0 bridgehead atoms. The standard InChI is InChI=1S/C16H13FN2O3/c1-22-12-8-6-11(7-9-12)10-18-15(20)13-4-2-3-5-14(13)19(17)16(18)21/h2-9H,10H2,1H3. The molecule has 0 fully saturated rings. The molecule has 1 heterocycles. The molecule has 3 rings (SSSR count). The van der Waals surface area contributed by atoms with Gasteiger partial charge in [-0.05, 0) is 29.8 Å². The van der Waals surface area contributed by atoms with E-state index in [0.717, 1.165) is 4.57 Å². The monoisotopic (exact) mass is 300 g/mol. The predicted molar refractivity (Wildman–Crippen MR) is 81.1 cm³/mol. The maximum absolute atomic E-state index is 14.1. The Labute approximate surface area is 124 Å². The van der Waals surface area contributed by atoms with Gasteiger partial charge in [0.1, 0.15) is 5.75 Å². The Bertz CT molecular complexity index is 942. The molecule has 0 aliphatic carbocycles. The van der Waals surface area contributed by atoms with E-state index in [0.29, 0.717) is 11.3 Å². The van der Waals surface area contributed by atoms with E-state index in [2.05, 4.69) is 0 Å². The lowest BCUT2D eigenvalue weighted by molar-refractivity contribution is 0.348. The topological polar surface area (TPSA) is 53.2 Å². The van der Waals surface area contributed by atoms with E-state index in [9.17, 15) is 14.1 Å². The summed E-state index contributed by atoms with van der Waals surface area (Å²) in [6, 6.07) is 13.0. The zero-order chi connectivity index (χ0) is 15.7. The fourth-order valence-electron chi connectivity index (χ4n) is 2.32. The Balaban J connectivity index is 2.14. The first kappa shape index (κ1) is 14.1. The molecule has 0 unspecified atom stereocenters. The number of para-hydroxylation sites is 1. The minimum absolute atomic E-state index is 0.000255. The second-order valence-corrected chi connectivity index (χ2v) is 4.82. The number of halogens is 1. The largest absolute Gasteiger partial charge is 0.497 e. The molecule has 0 saturated heterocycles. The van der Waals surface area contributed by atoms with Crippen molar-refractivity contribution in [1.29, 1.82) is 0 Å². The Hall–Kier alpha value is -2.89. The Morgan fingerprint density at radius 3 is 2.41 bits per heavy atom. The van der Waals surface area contributed by atoms with Crippen LogP contribution >= 0.6 is 0 Å². The summed E-state index contributed by atoms with van der Waals surface area (Å²) in [4.78, 5) is 24.4. The molecule has 5 nitrogen and oxygen atoms in total. The third-order valence-electron chi connectivity index (χ3n) is 3.49. The molecule has 6 heteroatoms. The van der Waals surface area contributed by atoms with Crippen LogP contribution in [0.1, 0.15) is 5.56 Å². The third kappa shape index (κ3) is 2.28. The Morgan fingerprint density at radius 1 is 1.05 bits per heavy atom. The van der Waals surface area contributed by atoms with Crippen LogP contribution in [-0.2, 0) is 6.54 Å². The van der Waals surface area contributed by atoms with Crippen LogP contribution in [0.3, 0.4) is 0 Å². The first-order chi connectivity index (χ1) is 10.6. The highest BCUT2D eigenvalue weighted by atomic mass is 19.2. The number of hydrogen-bond donors (Lipinski definition) is 0. The van der Waals surface area contributed by atoms with Gasteiger partial charge in [-0.25, -0.2) is 4.79 Å². The van der Waals surface area contributed by atoms with E-state index in [-0.39, 0.29) is 22.2 Å². The van der Waals surface area contributed by atoms with Crippen LogP contribution in [0.4, 0.5) is 4.48 Å². The molecule has 0 atom stereocenters. The van der Waals surface area contributed by atoms with Crippen LogP contribution in [-0.4, -0.2) is 16.5 Å². The molecule has 0 aliphatic rings. The summed E-state index contributed by atoms with van der Waals surface area (Å²) < 4.78 is 20.0. The lowest BCUT2D eigenvalue weighted by Gasteiger charge is -2.09. The van der Waals surface area contributed by atoms with Crippen molar-refractivity contribution < 1.29 is 9.22 Å². The van der Waals surface area contributed by atoms with Gasteiger partial charge in [0.05, 0.1) is 24.6 Å². The van der Waals surface area contributed by atoms with Crippen LogP contribution in [0.2, 0.25) is 0 Å². The number of fused-ring (bicyclic) bond motifs is 1. The van der Waals surface area contributed by atoms with Crippen molar-refractivity contribution in [3.63, 3.8) is 0 Å². The fraction of sp³-hybridized carbons (Fsp3) is 0.125. The lowest BCUT2D eigenvalue weighted by Crippen LogP contribution is -2.38. The summed E-state index contributed by atoms with van der Waals surface area (Å²) >= 11 is 0. The van der Waals surface area contributed by atoms with Gasteiger partial charge in [-0.2, -0.15) is 0 Å². The normalized spacial score (nSPS) is 10.8. The van der Waals surface area contributed by atoms with Gasteiger partial charge in [0, 0.05) is 0 Å². The van der Waals surface area contributed by atoms with Gasteiger partial charge in [-0.15, -0.1) is 4.79 Å². The van der Waals surface area contributed by atoms with Gasteiger partial charge in [-0.1, -0.05) is 28.7 Å². The molecule has 0 radical (unpaired) electrons.